The quantitative estimate of drug-likeness (QED) is 0.851. The standard InChI is InChI=1S/C15H13F2NO3/c1-20-14(19)12-4-2-3-5-13(12)18-10-6-8-11(9-7-10)21-15(16)17/h2-9,15,18H,1H3. The van der Waals surface area contributed by atoms with Crippen LogP contribution >= 0.6 is 0 Å². The van der Waals surface area contributed by atoms with Gasteiger partial charge in [-0.15, -0.1) is 0 Å². The molecule has 0 aliphatic carbocycles. The average molecular weight is 293 g/mol. The molecule has 0 atom stereocenters. The number of carbonyl (C=O) groups is 1. The van der Waals surface area contributed by atoms with Crippen LogP contribution in [0.25, 0.3) is 0 Å². The molecular weight excluding hydrogens is 280 g/mol. The summed E-state index contributed by atoms with van der Waals surface area (Å²) in [6.45, 7) is -2.86. The van der Waals surface area contributed by atoms with Crippen LogP contribution in [0.15, 0.2) is 48.5 Å². The van der Waals surface area contributed by atoms with Gasteiger partial charge in [0.25, 0.3) is 0 Å². The maximum Gasteiger partial charge on any atom is 0.387 e. The van der Waals surface area contributed by atoms with E-state index in [1.54, 1.807) is 36.4 Å². The van der Waals surface area contributed by atoms with E-state index in [4.69, 9.17) is 4.74 Å². The van der Waals surface area contributed by atoms with Crippen LogP contribution < -0.4 is 10.1 Å². The largest absolute Gasteiger partial charge is 0.465 e. The lowest BCUT2D eigenvalue weighted by atomic mass is 10.1. The molecular formula is C15H13F2NO3. The number of hydrogen-bond acceptors (Lipinski definition) is 4. The van der Waals surface area contributed by atoms with Crippen molar-refractivity contribution in [3.8, 4) is 5.75 Å². The molecule has 6 heteroatoms. The van der Waals surface area contributed by atoms with Gasteiger partial charge in [-0.25, -0.2) is 4.79 Å². The second-order valence-corrected chi connectivity index (χ2v) is 4.07. The molecule has 0 fully saturated rings. The molecule has 0 spiro atoms. The highest BCUT2D eigenvalue weighted by molar-refractivity contribution is 5.96. The Balaban J connectivity index is 2.17. The second-order valence-electron chi connectivity index (χ2n) is 4.07. The van der Waals surface area contributed by atoms with Gasteiger partial charge in [-0.2, -0.15) is 8.78 Å². The summed E-state index contributed by atoms with van der Waals surface area (Å²) in [4.78, 5) is 11.6. The zero-order valence-electron chi connectivity index (χ0n) is 11.2. The highest BCUT2D eigenvalue weighted by Crippen LogP contribution is 2.24. The van der Waals surface area contributed by atoms with Crippen molar-refractivity contribution in [1.29, 1.82) is 0 Å². The van der Waals surface area contributed by atoms with Gasteiger partial charge in [0.15, 0.2) is 0 Å². The molecule has 2 rings (SSSR count). The van der Waals surface area contributed by atoms with Crippen molar-refractivity contribution in [3.05, 3.63) is 54.1 Å². The maximum absolute atomic E-state index is 12.1. The summed E-state index contributed by atoms with van der Waals surface area (Å²) < 4.78 is 33.1. The summed E-state index contributed by atoms with van der Waals surface area (Å²) >= 11 is 0. The van der Waals surface area contributed by atoms with Crippen molar-refractivity contribution in [3.63, 3.8) is 0 Å². The highest BCUT2D eigenvalue weighted by atomic mass is 19.3. The summed E-state index contributed by atoms with van der Waals surface area (Å²) in [6, 6.07) is 12.8. The first-order valence-corrected chi connectivity index (χ1v) is 6.09. The van der Waals surface area contributed by atoms with Crippen molar-refractivity contribution in [1.82, 2.24) is 0 Å². The highest BCUT2D eigenvalue weighted by Gasteiger charge is 2.11. The van der Waals surface area contributed by atoms with Crippen molar-refractivity contribution in [2.24, 2.45) is 0 Å². The first-order chi connectivity index (χ1) is 10.1. The third-order valence-electron chi connectivity index (χ3n) is 2.69. The number of para-hydroxylation sites is 1. The molecule has 110 valence electrons. The third-order valence-corrected chi connectivity index (χ3v) is 2.69. The number of methoxy groups -OCH3 is 1. The molecule has 0 bridgehead atoms. The van der Waals surface area contributed by atoms with Gasteiger partial charge >= 0.3 is 12.6 Å². The SMILES string of the molecule is COC(=O)c1ccccc1Nc1ccc(OC(F)F)cc1. The summed E-state index contributed by atoms with van der Waals surface area (Å²) in [7, 11) is 1.30. The van der Waals surface area contributed by atoms with Crippen molar-refractivity contribution in [2.75, 3.05) is 12.4 Å². The Morgan fingerprint density at radius 1 is 1.10 bits per heavy atom. The number of rotatable bonds is 5. The lowest BCUT2D eigenvalue weighted by Gasteiger charge is -2.11. The Hall–Kier alpha value is -2.63. The number of anilines is 2. The van der Waals surface area contributed by atoms with E-state index in [1.807, 2.05) is 0 Å². The molecule has 0 aromatic heterocycles. The number of benzene rings is 2. The van der Waals surface area contributed by atoms with Crippen LogP contribution in [-0.2, 0) is 4.74 Å². The topological polar surface area (TPSA) is 47.6 Å². The second kappa shape index (κ2) is 6.69. The van der Waals surface area contributed by atoms with Crippen LogP contribution in [0.1, 0.15) is 10.4 Å². The van der Waals surface area contributed by atoms with Gasteiger partial charge in [-0.3, -0.25) is 0 Å². The predicted octanol–water partition coefficient (Wildman–Crippen LogP) is 3.82. The smallest absolute Gasteiger partial charge is 0.387 e. The Kier molecular flexibility index (Phi) is 4.71. The Morgan fingerprint density at radius 2 is 1.76 bits per heavy atom. The number of ether oxygens (including phenoxy) is 2. The van der Waals surface area contributed by atoms with E-state index in [1.165, 1.54) is 19.2 Å². The minimum atomic E-state index is -2.86. The summed E-state index contributed by atoms with van der Waals surface area (Å²) in [5.41, 5.74) is 1.58. The van der Waals surface area contributed by atoms with Crippen LogP contribution in [0, 0.1) is 0 Å². The normalized spacial score (nSPS) is 10.3. The van der Waals surface area contributed by atoms with Crippen molar-refractivity contribution < 1.29 is 23.0 Å². The molecule has 0 saturated carbocycles. The number of nitrogens with one attached hydrogen (secondary N) is 1. The first-order valence-electron chi connectivity index (χ1n) is 6.09. The molecule has 0 aliphatic heterocycles. The van der Waals surface area contributed by atoms with Crippen LogP contribution in [0.5, 0.6) is 5.75 Å². The number of carbonyl (C=O) groups excluding carboxylic acids is 1. The van der Waals surface area contributed by atoms with Crippen molar-refractivity contribution in [2.45, 2.75) is 6.61 Å². The van der Waals surface area contributed by atoms with Crippen LogP contribution in [0.3, 0.4) is 0 Å². The van der Waals surface area contributed by atoms with Gasteiger partial charge in [-0.1, -0.05) is 12.1 Å². The van der Waals surface area contributed by atoms with Gasteiger partial charge < -0.3 is 14.8 Å². The number of esters is 1. The molecule has 0 amide bonds. The molecule has 0 heterocycles. The zero-order valence-corrected chi connectivity index (χ0v) is 11.2. The molecule has 0 aliphatic rings. The molecule has 1 N–H and O–H groups in total. The van der Waals surface area contributed by atoms with Crippen molar-refractivity contribution >= 4 is 17.3 Å². The predicted molar refractivity (Wildman–Crippen MR) is 74.1 cm³/mol. The van der Waals surface area contributed by atoms with Gasteiger partial charge in [-0.05, 0) is 36.4 Å². The first kappa shape index (κ1) is 14.8. The Labute approximate surface area is 120 Å². The number of halogens is 2. The Bertz CT molecular complexity index is 615. The molecule has 0 radical (unpaired) electrons. The molecule has 2 aromatic rings. The fraction of sp³-hybridized carbons (Fsp3) is 0.133. The van der Waals surface area contributed by atoms with E-state index < -0.39 is 12.6 Å². The summed E-state index contributed by atoms with van der Waals surface area (Å²) in [5, 5.41) is 3.02. The summed E-state index contributed by atoms with van der Waals surface area (Å²) in [5.74, 6) is -0.396. The average Bonchev–Trinajstić information content (AvgIpc) is 2.48. The van der Waals surface area contributed by atoms with E-state index in [9.17, 15) is 13.6 Å². The van der Waals surface area contributed by atoms with Crippen LogP contribution in [0.2, 0.25) is 0 Å². The van der Waals surface area contributed by atoms with Gasteiger partial charge in [0.1, 0.15) is 5.75 Å². The van der Waals surface area contributed by atoms with E-state index in [2.05, 4.69) is 10.1 Å². The maximum atomic E-state index is 12.1. The molecule has 4 nitrogen and oxygen atoms in total. The third kappa shape index (κ3) is 3.92. The van der Waals surface area contributed by atoms with E-state index in [0.717, 1.165) is 0 Å². The molecule has 0 unspecified atom stereocenters. The monoisotopic (exact) mass is 293 g/mol. The molecule has 21 heavy (non-hydrogen) atoms. The van der Waals surface area contributed by atoms with Gasteiger partial charge in [0, 0.05) is 5.69 Å². The minimum absolute atomic E-state index is 0.0665. The van der Waals surface area contributed by atoms with Gasteiger partial charge in [0.2, 0.25) is 0 Å². The lowest BCUT2D eigenvalue weighted by Crippen LogP contribution is -2.05. The van der Waals surface area contributed by atoms with Crippen LogP contribution in [0.4, 0.5) is 20.2 Å². The van der Waals surface area contributed by atoms with E-state index in [-0.39, 0.29) is 5.75 Å². The lowest BCUT2D eigenvalue weighted by molar-refractivity contribution is -0.0498. The zero-order chi connectivity index (χ0) is 15.2. The minimum Gasteiger partial charge on any atom is -0.465 e. The molecule has 0 saturated heterocycles. The molecule has 2 aromatic carbocycles. The fourth-order valence-corrected chi connectivity index (χ4v) is 1.76. The van der Waals surface area contributed by atoms with Gasteiger partial charge in [0.05, 0.1) is 18.4 Å². The van der Waals surface area contributed by atoms with E-state index >= 15 is 0 Å². The number of hydrogen-bond donors (Lipinski definition) is 1. The number of alkyl halides is 2. The fourth-order valence-electron chi connectivity index (χ4n) is 1.76. The summed E-state index contributed by atoms with van der Waals surface area (Å²) in [6.07, 6.45) is 0. The van der Waals surface area contributed by atoms with Crippen LogP contribution in [-0.4, -0.2) is 19.7 Å². The van der Waals surface area contributed by atoms with E-state index in [0.29, 0.717) is 16.9 Å². The Morgan fingerprint density at radius 3 is 2.38 bits per heavy atom.